The number of nitrogens with zero attached hydrogens (tertiary/aromatic N) is 2. The maximum absolute atomic E-state index is 11.6. The fourth-order valence-corrected chi connectivity index (χ4v) is 3.71. The lowest BCUT2D eigenvalue weighted by molar-refractivity contribution is -0.116. The number of fused-ring (bicyclic) bond motifs is 1. The molecule has 0 saturated carbocycles. The molecule has 2 heterocycles. The Hall–Kier alpha value is -1.39. The summed E-state index contributed by atoms with van der Waals surface area (Å²) in [5.41, 5.74) is 3.16. The van der Waals surface area contributed by atoms with Crippen LogP contribution in [-0.4, -0.2) is 41.6 Å². The van der Waals surface area contributed by atoms with E-state index in [4.69, 9.17) is 0 Å². The first-order chi connectivity index (χ1) is 10.6. The zero-order valence-electron chi connectivity index (χ0n) is 13.6. The van der Waals surface area contributed by atoms with Crippen LogP contribution in [0.5, 0.6) is 0 Å². The summed E-state index contributed by atoms with van der Waals surface area (Å²) in [4.78, 5) is 15.8. The van der Waals surface area contributed by atoms with Gasteiger partial charge in [-0.1, -0.05) is 18.6 Å². The molecule has 3 rings (SSSR count). The molecule has 120 valence electrons. The van der Waals surface area contributed by atoms with E-state index in [-0.39, 0.29) is 5.91 Å². The number of aliphatic hydroxyl groups is 1. The summed E-state index contributed by atoms with van der Waals surface area (Å²) in [6, 6.07) is 6.60. The number of β-amino-alcohol motifs (C(OH)–C–C–N with tert-alkyl or cyclic N) is 1. The molecule has 1 saturated heterocycles. The minimum absolute atomic E-state index is 0.0918. The fraction of sp³-hybridized carbons (Fsp3) is 0.611. The van der Waals surface area contributed by atoms with Crippen LogP contribution in [0.4, 0.5) is 5.69 Å². The lowest BCUT2D eigenvalue weighted by atomic mass is 10.00. The zero-order valence-corrected chi connectivity index (χ0v) is 13.6. The fourth-order valence-electron chi connectivity index (χ4n) is 3.71. The molecule has 1 aromatic rings. The molecule has 0 aromatic heterocycles. The Morgan fingerprint density at radius 1 is 1.36 bits per heavy atom. The molecule has 0 aliphatic carbocycles. The van der Waals surface area contributed by atoms with E-state index in [9.17, 15) is 9.90 Å². The highest BCUT2D eigenvalue weighted by Gasteiger charge is 2.25. The van der Waals surface area contributed by atoms with Crippen molar-refractivity contribution in [2.75, 3.05) is 24.5 Å². The van der Waals surface area contributed by atoms with E-state index >= 15 is 0 Å². The molecule has 4 nitrogen and oxygen atoms in total. The van der Waals surface area contributed by atoms with Crippen molar-refractivity contribution in [2.24, 2.45) is 0 Å². The quantitative estimate of drug-likeness (QED) is 0.933. The van der Waals surface area contributed by atoms with Gasteiger partial charge >= 0.3 is 0 Å². The summed E-state index contributed by atoms with van der Waals surface area (Å²) in [7, 11) is 0. The van der Waals surface area contributed by atoms with Crippen molar-refractivity contribution in [3.63, 3.8) is 0 Å². The van der Waals surface area contributed by atoms with Crippen LogP contribution in [0.3, 0.4) is 0 Å². The molecule has 2 aliphatic rings. The van der Waals surface area contributed by atoms with Crippen LogP contribution >= 0.6 is 0 Å². The number of aliphatic hydroxyl groups excluding tert-OH is 1. The van der Waals surface area contributed by atoms with Crippen molar-refractivity contribution in [1.82, 2.24) is 4.90 Å². The second kappa shape index (κ2) is 6.39. The first-order valence-corrected chi connectivity index (χ1v) is 8.39. The molecule has 2 atom stereocenters. The van der Waals surface area contributed by atoms with Crippen LogP contribution in [0.2, 0.25) is 0 Å². The van der Waals surface area contributed by atoms with Gasteiger partial charge in [-0.15, -0.1) is 0 Å². The number of benzene rings is 1. The molecule has 0 bridgehead atoms. The Morgan fingerprint density at radius 2 is 2.18 bits per heavy atom. The van der Waals surface area contributed by atoms with E-state index in [0.29, 0.717) is 12.6 Å². The Balaban J connectivity index is 1.71. The minimum atomic E-state index is -0.447. The van der Waals surface area contributed by atoms with Gasteiger partial charge in [-0.25, -0.2) is 0 Å². The van der Waals surface area contributed by atoms with Crippen molar-refractivity contribution < 1.29 is 9.90 Å². The van der Waals surface area contributed by atoms with E-state index in [1.165, 1.54) is 24.8 Å². The highest BCUT2D eigenvalue weighted by molar-refractivity contribution is 5.93. The monoisotopic (exact) mass is 302 g/mol. The zero-order chi connectivity index (χ0) is 15.7. The molecule has 0 radical (unpaired) electrons. The third kappa shape index (κ3) is 3.03. The third-order valence-corrected chi connectivity index (χ3v) is 5.11. The molecular formula is C18H26N2O2. The molecule has 1 amide bonds. The van der Waals surface area contributed by atoms with Crippen LogP contribution in [0.25, 0.3) is 0 Å². The third-order valence-electron chi connectivity index (χ3n) is 5.11. The van der Waals surface area contributed by atoms with Crippen LogP contribution in [0.1, 0.15) is 50.3 Å². The van der Waals surface area contributed by atoms with Crippen molar-refractivity contribution in [3.8, 4) is 0 Å². The van der Waals surface area contributed by atoms with Gasteiger partial charge in [0, 0.05) is 31.7 Å². The molecule has 1 fully saturated rings. The van der Waals surface area contributed by atoms with E-state index in [1.807, 2.05) is 17.0 Å². The summed E-state index contributed by atoms with van der Waals surface area (Å²) < 4.78 is 0. The maximum Gasteiger partial charge on any atom is 0.223 e. The Kier molecular flexibility index (Phi) is 4.50. The molecule has 2 aliphatic heterocycles. The average Bonchev–Trinajstić information content (AvgIpc) is 2.92. The van der Waals surface area contributed by atoms with Crippen molar-refractivity contribution in [3.05, 3.63) is 29.3 Å². The minimum Gasteiger partial charge on any atom is -0.387 e. The van der Waals surface area contributed by atoms with Crippen LogP contribution in [0, 0.1) is 0 Å². The van der Waals surface area contributed by atoms with Gasteiger partial charge in [-0.05, 0) is 49.9 Å². The van der Waals surface area contributed by atoms with Gasteiger partial charge in [0.05, 0.1) is 6.10 Å². The van der Waals surface area contributed by atoms with Gasteiger partial charge in [0.15, 0.2) is 0 Å². The smallest absolute Gasteiger partial charge is 0.223 e. The largest absolute Gasteiger partial charge is 0.387 e. The van der Waals surface area contributed by atoms with Gasteiger partial charge in [-0.3, -0.25) is 9.69 Å². The number of hydrogen-bond donors (Lipinski definition) is 1. The van der Waals surface area contributed by atoms with Gasteiger partial charge in [0.25, 0.3) is 0 Å². The molecule has 4 heteroatoms. The summed E-state index contributed by atoms with van der Waals surface area (Å²) in [6.45, 7) is 6.40. The Morgan fingerprint density at radius 3 is 2.91 bits per heavy atom. The number of hydrogen-bond acceptors (Lipinski definition) is 3. The van der Waals surface area contributed by atoms with Crippen LogP contribution in [0.15, 0.2) is 18.2 Å². The summed E-state index contributed by atoms with van der Waals surface area (Å²) in [5, 5.41) is 10.6. The topological polar surface area (TPSA) is 43.8 Å². The van der Waals surface area contributed by atoms with Gasteiger partial charge in [0.1, 0.15) is 0 Å². The second-order valence-electron chi connectivity index (χ2n) is 6.66. The SMILES string of the molecule is CC(=O)N1CCc2cc(C(O)CN3CCCCC3C)ccc21. The molecular weight excluding hydrogens is 276 g/mol. The number of carbonyl (C=O) groups is 1. The van der Waals surface area contributed by atoms with E-state index in [2.05, 4.69) is 17.9 Å². The average molecular weight is 302 g/mol. The van der Waals surface area contributed by atoms with Crippen molar-refractivity contribution in [1.29, 1.82) is 0 Å². The van der Waals surface area contributed by atoms with Gasteiger partial charge in [-0.2, -0.15) is 0 Å². The number of anilines is 1. The van der Waals surface area contributed by atoms with Crippen molar-refractivity contribution in [2.45, 2.75) is 51.7 Å². The normalized spacial score (nSPS) is 23.4. The second-order valence-corrected chi connectivity index (χ2v) is 6.66. The first-order valence-electron chi connectivity index (χ1n) is 8.39. The standard InChI is InChI=1S/C18H26N2O2/c1-13-5-3-4-9-19(13)12-18(22)16-6-7-17-15(11-16)8-10-20(17)14(2)21/h6-7,11,13,18,22H,3-5,8-10,12H2,1-2H3. The molecule has 22 heavy (non-hydrogen) atoms. The van der Waals surface area contributed by atoms with Gasteiger partial charge in [0.2, 0.25) is 5.91 Å². The molecule has 1 N–H and O–H groups in total. The summed E-state index contributed by atoms with van der Waals surface area (Å²) in [5.74, 6) is 0.0918. The van der Waals surface area contributed by atoms with E-state index < -0.39 is 6.10 Å². The number of piperidine rings is 1. The number of likely N-dealkylation sites (tertiary alicyclic amines) is 1. The van der Waals surface area contributed by atoms with Gasteiger partial charge < -0.3 is 10.0 Å². The van der Waals surface area contributed by atoms with Crippen LogP contribution < -0.4 is 4.90 Å². The number of carbonyl (C=O) groups excluding carboxylic acids is 1. The molecule has 2 unspecified atom stereocenters. The number of amides is 1. The highest BCUT2D eigenvalue weighted by atomic mass is 16.3. The van der Waals surface area contributed by atoms with Crippen molar-refractivity contribution >= 4 is 11.6 Å². The molecule has 1 aromatic carbocycles. The first kappa shape index (κ1) is 15.5. The summed E-state index contributed by atoms with van der Waals surface area (Å²) in [6.07, 6.45) is 4.19. The predicted octanol–water partition coefficient (Wildman–Crippen LogP) is 2.50. The Labute approximate surface area is 132 Å². The maximum atomic E-state index is 11.6. The highest BCUT2D eigenvalue weighted by Crippen LogP contribution is 2.31. The summed E-state index contributed by atoms with van der Waals surface area (Å²) >= 11 is 0. The van der Waals surface area contributed by atoms with E-state index in [0.717, 1.165) is 30.8 Å². The Bertz CT molecular complexity index is 558. The predicted molar refractivity (Wildman–Crippen MR) is 88.0 cm³/mol. The lowest BCUT2D eigenvalue weighted by Crippen LogP contribution is -2.40. The number of rotatable bonds is 3. The lowest BCUT2D eigenvalue weighted by Gasteiger charge is -2.34. The van der Waals surface area contributed by atoms with E-state index in [1.54, 1.807) is 6.92 Å². The molecule has 0 spiro atoms. The van der Waals surface area contributed by atoms with Crippen LogP contribution in [-0.2, 0) is 11.2 Å².